The Hall–Kier alpha value is -0.990. The minimum absolute atomic E-state index is 0.0674. The van der Waals surface area contributed by atoms with E-state index in [0.29, 0.717) is 0 Å². The highest BCUT2D eigenvalue weighted by atomic mass is 31.2. The number of carboxylic acid groups (broad SMARTS) is 2. The van der Waals surface area contributed by atoms with Crippen LogP contribution in [0.25, 0.3) is 0 Å². The molecule has 0 aliphatic heterocycles. The summed E-state index contributed by atoms with van der Waals surface area (Å²) < 4.78 is 22.0. The Morgan fingerprint density at radius 2 is 1.70 bits per heavy atom. The SMILES string of the molecule is CCOP(=O)(CN(O)[C@@H](CCC(=O)O)C(=O)O)OCC. The second-order valence-corrected chi connectivity index (χ2v) is 5.83. The molecule has 0 unspecified atom stereocenters. The topological polar surface area (TPSA) is 134 Å². The molecular formula is C10H20NO8P. The molecule has 0 rings (SSSR count). The number of aliphatic carboxylic acids is 2. The zero-order valence-electron chi connectivity index (χ0n) is 11.4. The van der Waals surface area contributed by atoms with Crippen LogP contribution in [0.15, 0.2) is 0 Å². The fourth-order valence-electron chi connectivity index (χ4n) is 1.45. The number of hydrogen-bond donors (Lipinski definition) is 3. The number of hydrogen-bond acceptors (Lipinski definition) is 7. The Balaban J connectivity index is 4.79. The van der Waals surface area contributed by atoms with Crippen LogP contribution in [0, 0.1) is 0 Å². The molecule has 0 spiro atoms. The van der Waals surface area contributed by atoms with Crippen molar-refractivity contribution < 1.29 is 38.6 Å². The first-order chi connectivity index (χ1) is 9.25. The van der Waals surface area contributed by atoms with Gasteiger partial charge in [-0.3, -0.25) is 14.2 Å². The highest BCUT2D eigenvalue weighted by Gasteiger charge is 2.33. The Labute approximate surface area is 116 Å². The van der Waals surface area contributed by atoms with Crippen LogP contribution in [0.5, 0.6) is 0 Å². The molecule has 10 heteroatoms. The molecule has 0 bridgehead atoms. The molecule has 0 amide bonds. The molecule has 9 nitrogen and oxygen atoms in total. The summed E-state index contributed by atoms with van der Waals surface area (Å²) in [4.78, 5) is 21.4. The van der Waals surface area contributed by atoms with Crippen molar-refractivity contribution in [1.82, 2.24) is 5.06 Å². The monoisotopic (exact) mass is 313 g/mol. The maximum absolute atomic E-state index is 12.1. The van der Waals surface area contributed by atoms with Crippen LogP contribution in [0.3, 0.4) is 0 Å². The first kappa shape index (κ1) is 19.0. The maximum Gasteiger partial charge on any atom is 0.346 e. The van der Waals surface area contributed by atoms with Gasteiger partial charge in [-0.25, -0.2) is 0 Å². The van der Waals surface area contributed by atoms with Crippen LogP contribution >= 0.6 is 7.60 Å². The Morgan fingerprint density at radius 3 is 2.05 bits per heavy atom. The maximum atomic E-state index is 12.1. The van der Waals surface area contributed by atoms with Gasteiger partial charge in [0.2, 0.25) is 0 Å². The van der Waals surface area contributed by atoms with E-state index < -0.39 is 38.3 Å². The van der Waals surface area contributed by atoms with Crippen molar-refractivity contribution in [2.24, 2.45) is 0 Å². The van der Waals surface area contributed by atoms with E-state index in [9.17, 15) is 19.4 Å². The van der Waals surface area contributed by atoms with Gasteiger partial charge in [-0.1, -0.05) is 0 Å². The lowest BCUT2D eigenvalue weighted by Gasteiger charge is -2.26. The van der Waals surface area contributed by atoms with Crippen LogP contribution in [-0.4, -0.2) is 58.0 Å². The van der Waals surface area contributed by atoms with E-state index in [2.05, 4.69) is 0 Å². The third-order valence-corrected chi connectivity index (χ3v) is 4.19. The molecule has 0 aliphatic carbocycles. The minimum Gasteiger partial charge on any atom is -0.481 e. The van der Waals surface area contributed by atoms with Crippen molar-refractivity contribution in [3.05, 3.63) is 0 Å². The van der Waals surface area contributed by atoms with Gasteiger partial charge in [-0.05, 0) is 20.3 Å². The summed E-state index contributed by atoms with van der Waals surface area (Å²) in [6.07, 6.45) is -1.42. The van der Waals surface area contributed by atoms with Crippen molar-refractivity contribution in [2.45, 2.75) is 32.7 Å². The number of carbonyl (C=O) groups is 2. The number of carboxylic acids is 2. The second-order valence-electron chi connectivity index (χ2n) is 3.81. The Bertz CT molecular complexity index is 364. The molecule has 0 heterocycles. The third-order valence-electron chi connectivity index (χ3n) is 2.25. The lowest BCUT2D eigenvalue weighted by Crippen LogP contribution is -2.40. The number of nitrogens with zero attached hydrogens (tertiary/aromatic N) is 1. The van der Waals surface area contributed by atoms with Gasteiger partial charge in [0.15, 0.2) is 0 Å². The van der Waals surface area contributed by atoms with Crippen LogP contribution in [0.1, 0.15) is 26.7 Å². The van der Waals surface area contributed by atoms with Gasteiger partial charge >= 0.3 is 19.5 Å². The predicted molar refractivity (Wildman–Crippen MR) is 67.6 cm³/mol. The lowest BCUT2D eigenvalue weighted by molar-refractivity contribution is -0.167. The number of hydroxylamine groups is 2. The molecule has 0 fully saturated rings. The van der Waals surface area contributed by atoms with Gasteiger partial charge in [-0.15, -0.1) is 0 Å². The van der Waals surface area contributed by atoms with Crippen LogP contribution in [0.4, 0.5) is 0 Å². The summed E-state index contributed by atoms with van der Waals surface area (Å²) in [7, 11) is -3.65. The van der Waals surface area contributed by atoms with E-state index in [0.717, 1.165) is 0 Å². The van der Waals surface area contributed by atoms with Gasteiger partial charge < -0.3 is 24.5 Å². The second kappa shape index (κ2) is 9.04. The van der Waals surface area contributed by atoms with Crippen molar-refractivity contribution in [3.8, 4) is 0 Å². The average Bonchev–Trinajstić information content (AvgIpc) is 2.28. The molecule has 0 aromatic carbocycles. The Kier molecular flexibility index (Phi) is 8.59. The standard InChI is InChI=1S/C10H20NO8P/c1-3-18-20(17,19-4-2)7-11(16)8(10(14)15)5-6-9(12)13/h8,16H,3-7H2,1-2H3,(H,12,13)(H,14,15)/t8-/m0/s1. The first-order valence-electron chi connectivity index (χ1n) is 6.04. The van der Waals surface area contributed by atoms with Gasteiger partial charge in [-0.2, -0.15) is 5.06 Å². The van der Waals surface area contributed by atoms with Gasteiger partial charge in [0.1, 0.15) is 12.3 Å². The quantitative estimate of drug-likeness (QED) is 0.380. The zero-order valence-corrected chi connectivity index (χ0v) is 12.3. The van der Waals surface area contributed by atoms with Gasteiger partial charge in [0, 0.05) is 6.42 Å². The molecule has 0 saturated heterocycles. The molecule has 1 atom stereocenters. The van der Waals surface area contributed by atoms with E-state index in [1.807, 2.05) is 0 Å². The smallest absolute Gasteiger partial charge is 0.346 e. The van der Waals surface area contributed by atoms with E-state index in [-0.39, 0.29) is 24.7 Å². The Morgan fingerprint density at radius 1 is 1.20 bits per heavy atom. The lowest BCUT2D eigenvalue weighted by atomic mass is 10.1. The molecular weight excluding hydrogens is 293 g/mol. The summed E-state index contributed by atoms with van der Waals surface area (Å²) >= 11 is 0. The molecule has 0 aliphatic rings. The highest BCUT2D eigenvalue weighted by Crippen LogP contribution is 2.48. The van der Waals surface area contributed by atoms with Crippen LogP contribution < -0.4 is 0 Å². The molecule has 118 valence electrons. The van der Waals surface area contributed by atoms with Crippen LogP contribution in [-0.2, 0) is 23.2 Å². The van der Waals surface area contributed by atoms with E-state index in [1.54, 1.807) is 13.8 Å². The fraction of sp³-hybridized carbons (Fsp3) is 0.800. The van der Waals surface area contributed by atoms with Gasteiger partial charge in [0.05, 0.1) is 13.2 Å². The molecule has 0 saturated carbocycles. The predicted octanol–water partition coefficient (Wildman–Crippen LogP) is 1.22. The molecule has 0 aromatic heterocycles. The van der Waals surface area contributed by atoms with Crippen molar-refractivity contribution in [1.29, 1.82) is 0 Å². The van der Waals surface area contributed by atoms with E-state index >= 15 is 0 Å². The van der Waals surface area contributed by atoms with Crippen molar-refractivity contribution in [3.63, 3.8) is 0 Å². The molecule has 0 aromatic rings. The molecule has 0 radical (unpaired) electrons. The number of rotatable bonds is 11. The van der Waals surface area contributed by atoms with E-state index in [1.165, 1.54) is 0 Å². The largest absolute Gasteiger partial charge is 0.481 e. The fourth-order valence-corrected chi connectivity index (χ4v) is 3.03. The summed E-state index contributed by atoms with van der Waals surface area (Å²) in [5, 5.41) is 27.5. The minimum atomic E-state index is -3.65. The summed E-state index contributed by atoms with van der Waals surface area (Å²) in [5.74, 6) is -2.62. The molecule has 20 heavy (non-hydrogen) atoms. The van der Waals surface area contributed by atoms with E-state index in [4.69, 9.17) is 19.3 Å². The summed E-state index contributed by atoms with van der Waals surface area (Å²) in [6, 6.07) is -1.50. The van der Waals surface area contributed by atoms with Crippen molar-refractivity contribution in [2.75, 3.05) is 19.5 Å². The third kappa shape index (κ3) is 6.97. The van der Waals surface area contributed by atoms with Gasteiger partial charge in [0.25, 0.3) is 0 Å². The first-order valence-corrected chi connectivity index (χ1v) is 7.76. The average molecular weight is 313 g/mol. The normalized spacial score (nSPS) is 13.4. The van der Waals surface area contributed by atoms with Crippen LogP contribution in [0.2, 0.25) is 0 Å². The van der Waals surface area contributed by atoms with Crippen molar-refractivity contribution >= 4 is 19.5 Å². The molecule has 3 N–H and O–H groups in total. The highest BCUT2D eigenvalue weighted by molar-refractivity contribution is 7.53. The zero-order chi connectivity index (χ0) is 15.8. The summed E-state index contributed by atoms with van der Waals surface area (Å²) in [5.41, 5.74) is 0. The summed E-state index contributed by atoms with van der Waals surface area (Å²) in [6.45, 7) is 3.29.